The molecule has 0 radical (unpaired) electrons. The van der Waals surface area contributed by atoms with Crippen LogP contribution in [-0.2, 0) is 13.1 Å². The lowest BCUT2D eigenvalue weighted by molar-refractivity contribution is 0.195. The van der Waals surface area contributed by atoms with Crippen molar-refractivity contribution in [3.8, 4) is 0 Å². The predicted molar refractivity (Wildman–Crippen MR) is 128 cm³/mol. The highest BCUT2D eigenvalue weighted by Gasteiger charge is 2.28. The first-order valence-electron chi connectivity index (χ1n) is 10.6. The van der Waals surface area contributed by atoms with Gasteiger partial charge in [0.25, 0.3) is 5.56 Å². The maximum absolute atomic E-state index is 13.6. The van der Waals surface area contributed by atoms with Gasteiger partial charge in [-0.2, -0.15) is 0 Å². The number of rotatable bonds is 6. The summed E-state index contributed by atoms with van der Waals surface area (Å²) in [6.45, 7) is 6.12. The van der Waals surface area contributed by atoms with Gasteiger partial charge < -0.3 is 0 Å². The third-order valence-corrected chi connectivity index (χ3v) is 6.02. The van der Waals surface area contributed by atoms with Crippen molar-refractivity contribution in [3.63, 3.8) is 0 Å². The van der Waals surface area contributed by atoms with Crippen LogP contribution in [0.4, 0.5) is 11.6 Å². The molecule has 0 atom stereocenters. The molecule has 4 rings (SSSR count). The fourth-order valence-electron chi connectivity index (χ4n) is 3.95. The van der Waals surface area contributed by atoms with Gasteiger partial charge in [0.05, 0.1) is 19.0 Å². The fourth-order valence-corrected chi connectivity index (χ4v) is 4.46. The van der Waals surface area contributed by atoms with Crippen LogP contribution < -0.4 is 10.5 Å². The number of anilines is 2. The van der Waals surface area contributed by atoms with Crippen molar-refractivity contribution in [1.82, 2.24) is 14.5 Å². The SMILES string of the molecule is CCCCN1CN(c2cc(Cl)cc(Cl)c2)c2nc(C)c(Cc3ccccc3)c(=O)n2C1. The van der Waals surface area contributed by atoms with E-state index in [9.17, 15) is 4.79 Å². The molecule has 0 bridgehead atoms. The molecule has 1 aromatic heterocycles. The molecule has 0 saturated heterocycles. The Morgan fingerprint density at radius 2 is 1.74 bits per heavy atom. The molecule has 0 N–H and O–H groups in total. The van der Waals surface area contributed by atoms with E-state index in [1.165, 1.54) is 0 Å². The van der Waals surface area contributed by atoms with Crippen molar-refractivity contribution < 1.29 is 0 Å². The number of benzene rings is 2. The van der Waals surface area contributed by atoms with Crippen LogP contribution in [0, 0.1) is 6.92 Å². The summed E-state index contributed by atoms with van der Waals surface area (Å²) in [6, 6.07) is 15.5. The second-order valence-electron chi connectivity index (χ2n) is 7.96. The van der Waals surface area contributed by atoms with E-state index in [0.29, 0.717) is 35.8 Å². The molecular weight excluding hydrogens is 431 g/mol. The third-order valence-electron chi connectivity index (χ3n) is 5.58. The molecular formula is C24H26Cl2N4O. The standard InChI is InChI=1S/C24H26Cl2N4O/c1-3-4-10-28-15-29(21-13-19(25)12-20(26)14-21)24-27-17(2)22(23(31)30(24)16-28)11-18-8-6-5-7-9-18/h5-9,12-14H,3-4,10-11,15-16H2,1-2H3. The summed E-state index contributed by atoms with van der Waals surface area (Å²) in [4.78, 5) is 22.8. The number of halogens is 2. The average Bonchev–Trinajstić information content (AvgIpc) is 2.75. The largest absolute Gasteiger partial charge is 0.298 e. The Morgan fingerprint density at radius 1 is 1.03 bits per heavy atom. The molecule has 2 heterocycles. The molecule has 0 saturated carbocycles. The van der Waals surface area contributed by atoms with E-state index in [2.05, 4.69) is 11.8 Å². The van der Waals surface area contributed by atoms with Crippen LogP contribution in [0.3, 0.4) is 0 Å². The topological polar surface area (TPSA) is 41.4 Å². The summed E-state index contributed by atoms with van der Waals surface area (Å²) in [5.74, 6) is 0.630. The zero-order valence-electron chi connectivity index (χ0n) is 17.8. The monoisotopic (exact) mass is 456 g/mol. The molecule has 0 spiro atoms. The number of unbranched alkanes of at least 4 members (excludes halogenated alkanes) is 1. The Balaban J connectivity index is 1.80. The molecule has 0 fully saturated rings. The van der Waals surface area contributed by atoms with E-state index in [4.69, 9.17) is 28.2 Å². The summed E-state index contributed by atoms with van der Waals surface area (Å²) in [5.41, 5.74) is 3.42. The molecule has 5 nitrogen and oxygen atoms in total. The van der Waals surface area contributed by atoms with Gasteiger partial charge in [0.1, 0.15) is 0 Å². The van der Waals surface area contributed by atoms with Crippen LogP contribution >= 0.6 is 23.2 Å². The number of aryl methyl sites for hydroxylation is 1. The van der Waals surface area contributed by atoms with E-state index >= 15 is 0 Å². The Labute approximate surface area is 192 Å². The molecule has 1 aliphatic rings. The van der Waals surface area contributed by atoms with Gasteiger partial charge in [0, 0.05) is 34.3 Å². The number of aromatic nitrogens is 2. The van der Waals surface area contributed by atoms with Crippen LogP contribution in [0.1, 0.15) is 36.6 Å². The lowest BCUT2D eigenvalue weighted by Gasteiger charge is -2.38. The second kappa shape index (κ2) is 9.43. The number of hydrogen-bond acceptors (Lipinski definition) is 4. The zero-order valence-corrected chi connectivity index (χ0v) is 19.3. The van der Waals surface area contributed by atoms with E-state index in [-0.39, 0.29) is 5.56 Å². The van der Waals surface area contributed by atoms with Gasteiger partial charge in [-0.05, 0) is 37.1 Å². The first kappa shape index (κ1) is 21.9. The van der Waals surface area contributed by atoms with E-state index < -0.39 is 0 Å². The quantitative estimate of drug-likeness (QED) is 0.482. The van der Waals surface area contributed by atoms with Crippen molar-refractivity contribution >= 4 is 34.8 Å². The minimum atomic E-state index is 0.00526. The molecule has 0 amide bonds. The summed E-state index contributed by atoms with van der Waals surface area (Å²) in [6.07, 6.45) is 2.72. The number of nitrogens with zero attached hydrogens (tertiary/aromatic N) is 4. The number of hydrogen-bond donors (Lipinski definition) is 0. The van der Waals surface area contributed by atoms with E-state index in [1.54, 1.807) is 10.6 Å². The van der Waals surface area contributed by atoms with E-state index in [1.807, 2.05) is 54.3 Å². The summed E-state index contributed by atoms with van der Waals surface area (Å²) in [7, 11) is 0. The van der Waals surface area contributed by atoms with Crippen LogP contribution in [0.2, 0.25) is 10.0 Å². The van der Waals surface area contributed by atoms with Crippen LogP contribution in [0.25, 0.3) is 0 Å². The molecule has 1 aliphatic heterocycles. The fraction of sp³-hybridized carbons (Fsp3) is 0.333. The third kappa shape index (κ3) is 4.79. The minimum absolute atomic E-state index is 0.00526. The van der Waals surface area contributed by atoms with Gasteiger partial charge in [-0.15, -0.1) is 0 Å². The van der Waals surface area contributed by atoms with Gasteiger partial charge in [0.2, 0.25) is 5.95 Å². The lowest BCUT2D eigenvalue weighted by atomic mass is 10.1. The highest BCUT2D eigenvalue weighted by atomic mass is 35.5. The molecule has 162 valence electrons. The zero-order chi connectivity index (χ0) is 22.0. The maximum Gasteiger partial charge on any atom is 0.259 e. The first-order valence-corrected chi connectivity index (χ1v) is 11.3. The summed E-state index contributed by atoms with van der Waals surface area (Å²) < 4.78 is 1.78. The Bertz CT molecular complexity index is 1110. The summed E-state index contributed by atoms with van der Waals surface area (Å²) in [5, 5.41) is 1.11. The van der Waals surface area contributed by atoms with Crippen LogP contribution in [0.5, 0.6) is 0 Å². The highest BCUT2D eigenvalue weighted by molar-refractivity contribution is 6.35. The van der Waals surface area contributed by atoms with Gasteiger partial charge in [-0.25, -0.2) is 4.98 Å². The Hall–Kier alpha value is -2.34. The highest BCUT2D eigenvalue weighted by Crippen LogP contribution is 2.32. The van der Waals surface area contributed by atoms with Gasteiger partial charge in [-0.1, -0.05) is 66.9 Å². The average molecular weight is 457 g/mol. The van der Waals surface area contributed by atoms with E-state index in [0.717, 1.165) is 41.9 Å². The summed E-state index contributed by atoms with van der Waals surface area (Å²) >= 11 is 12.6. The molecule has 0 unspecified atom stereocenters. The molecule has 0 aliphatic carbocycles. The first-order chi connectivity index (χ1) is 15.0. The molecule has 3 aromatic rings. The van der Waals surface area contributed by atoms with Gasteiger partial charge in [0.15, 0.2) is 0 Å². The Morgan fingerprint density at radius 3 is 2.42 bits per heavy atom. The smallest absolute Gasteiger partial charge is 0.259 e. The number of fused-ring (bicyclic) bond motifs is 1. The lowest BCUT2D eigenvalue weighted by Crippen LogP contribution is -2.48. The van der Waals surface area contributed by atoms with Crippen molar-refractivity contribution in [3.05, 3.63) is 85.8 Å². The van der Waals surface area contributed by atoms with Crippen LogP contribution in [-0.4, -0.2) is 27.7 Å². The maximum atomic E-state index is 13.6. The molecule has 31 heavy (non-hydrogen) atoms. The van der Waals surface area contributed by atoms with Gasteiger partial charge >= 0.3 is 0 Å². The van der Waals surface area contributed by atoms with Gasteiger partial charge in [-0.3, -0.25) is 19.2 Å². The molecule has 7 heteroatoms. The van der Waals surface area contributed by atoms with Crippen molar-refractivity contribution in [1.29, 1.82) is 0 Å². The van der Waals surface area contributed by atoms with Crippen molar-refractivity contribution in [2.75, 3.05) is 18.1 Å². The van der Waals surface area contributed by atoms with Crippen molar-refractivity contribution in [2.24, 2.45) is 0 Å². The normalized spacial score (nSPS) is 14.0. The minimum Gasteiger partial charge on any atom is -0.298 e. The molecule has 2 aromatic carbocycles. The second-order valence-corrected chi connectivity index (χ2v) is 8.83. The van der Waals surface area contributed by atoms with Crippen molar-refractivity contribution in [2.45, 2.75) is 39.8 Å². The predicted octanol–water partition coefficient (Wildman–Crippen LogP) is 5.62. The Kier molecular flexibility index (Phi) is 6.65. The van der Waals surface area contributed by atoms with Crippen LogP contribution in [0.15, 0.2) is 53.3 Å².